The molecule has 128 valence electrons. The lowest BCUT2D eigenvalue weighted by Crippen LogP contribution is -2.45. The second-order valence-corrected chi connectivity index (χ2v) is 5.81. The zero-order chi connectivity index (χ0) is 16.8. The molecule has 1 aliphatic rings. The van der Waals surface area contributed by atoms with Gasteiger partial charge in [0.1, 0.15) is 0 Å². The van der Waals surface area contributed by atoms with Crippen LogP contribution in [0, 0.1) is 0 Å². The highest BCUT2D eigenvalue weighted by Crippen LogP contribution is 2.14. The van der Waals surface area contributed by atoms with Crippen molar-refractivity contribution in [2.75, 3.05) is 33.3 Å². The minimum atomic E-state index is -0.0482. The van der Waals surface area contributed by atoms with E-state index in [1.54, 1.807) is 12.4 Å². The van der Waals surface area contributed by atoms with Crippen molar-refractivity contribution in [2.45, 2.75) is 18.9 Å². The maximum Gasteiger partial charge on any atom is 0.227 e. The number of aryl methyl sites for hydroxylation is 1. The number of nitrogens with one attached hydrogen (secondary N) is 1. The fraction of sp³-hybridized carbons (Fsp3) is 0.500. The monoisotopic (exact) mass is 331 g/mol. The molecular formula is C16H21N5O3. The Hall–Kier alpha value is -2.32. The summed E-state index contributed by atoms with van der Waals surface area (Å²) in [5.74, 6) is 0.878. The highest BCUT2D eigenvalue weighted by molar-refractivity contribution is 5.76. The molecule has 0 spiro atoms. The number of carbonyl (C=O) groups excluding carboxylic acids is 1. The molecule has 2 aromatic heterocycles. The molecule has 2 aromatic rings. The summed E-state index contributed by atoms with van der Waals surface area (Å²) in [5, 5.41) is 6.80. The average Bonchev–Trinajstić information content (AvgIpc) is 3.08. The number of aromatic nitrogens is 3. The molecular weight excluding hydrogens is 310 g/mol. The van der Waals surface area contributed by atoms with E-state index in [1.165, 1.54) is 0 Å². The predicted octanol–water partition coefficient (Wildman–Crippen LogP) is 0.511. The van der Waals surface area contributed by atoms with Crippen LogP contribution >= 0.6 is 0 Å². The van der Waals surface area contributed by atoms with Crippen molar-refractivity contribution in [3.63, 3.8) is 0 Å². The first kappa shape index (κ1) is 16.5. The summed E-state index contributed by atoms with van der Waals surface area (Å²) >= 11 is 0. The first-order chi connectivity index (χ1) is 11.7. The van der Waals surface area contributed by atoms with Gasteiger partial charge in [0.2, 0.25) is 17.6 Å². The maximum absolute atomic E-state index is 11.9. The van der Waals surface area contributed by atoms with Gasteiger partial charge in [-0.25, -0.2) is 0 Å². The number of nitrogens with zero attached hydrogens (tertiary/aromatic N) is 4. The molecule has 1 fully saturated rings. The summed E-state index contributed by atoms with van der Waals surface area (Å²) in [4.78, 5) is 22.4. The zero-order valence-electron chi connectivity index (χ0n) is 13.6. The Balaban J connectivity index is 1.42. The Morgan fingerprint density at radius 3 is 3.21 bits per heavy atom. The molecule has 0 radical (unpaired) electrons. The predicted molar refractivity (Wildman–Crippen MR) is 86.1 cm³/mol. The Labute approximate surface area is 140 Å². The minimum absolute atomic E-state index is 0.0482. The fourth-order valence-electron chi connectivity index (χ4n) is 2.50. The van der Waals surface area contributed by atoms with E-state index in [9.17, 15) is 4.79 Å². The molecule has 0 aliphatic carbocycles. The van der Waals surface area contributed by atoms with Gasteiger partial charge in [0.15, 0.2) is 0 Å². The minimum Gasteiger partial charge on any atom is -0.374 e. The molecule has 24 heavy (non-hydrogen) atoms. The molecule has 0 unspecified atom stereocenters. The third-order valence-electron chi connectivity index (χ3n) is 3.82. The topological polar surface area (TPSA) is 93.4 Å². The number of likely N-dealkylation sites (N-methyl/N-ethyl adjacent to an activating group) is 1. The van der Waals surface area contributed by atoms with Gasteiger partial charge >= 0.3 is 0 Å². The molecule has 1 aliphatic heterocycles. The van der Waals surface area contributed by atoms with Crippen molar-refractivity contribution in [2.24, 2.45) is 0 Å². The fourth-order valence-corrected chi connectivity index (χ4v) is 2.50. The van der Waals surface area contributed by atoms with Crippen LogP contribution in [0.4, 0.5) is 0 Å². The maximum atomic E-state index is 11.9. The van der Waals surface area contributed by atoms with Crippen molar-refractivity contribution in [1.29, 1.82) is 0 Å². The number of pyridine rings is 1. The third-order valence-corrected chi connectivity index (χ3v) is 3.82. The van der Waals surface area contributed by atoms with Gasteiger partial charge in [0.05, 0.1) is 12.7 Å². The number of morpholine rings is 1. The van der Waals surface area contributed by atoms with Crippen LogP contribution < -0.4 is 5.32 Å². The van der Waals surface area contributed by atoms with E-state index in [0.717, 1.165) is 18.7 Å². The summed E-state index contributed by atoms with van der Waals surface area (Å²) in [6, 6.07) is 3.67. The average molecular weight is 331 g/mol. The third kappa shape index (κ3) is 4.59. The van der Waals surface area contributed by atoms with Crippen LogP contribution in [0.1, 0.15) is 12.3 Å². The van der Waals surface area contributed by atoms with Crippen molar-refractivity contribution in [3.8, 4) is 11.4 Å². The molecule has 8 heteroatoms. The summed E-state index contributed by atoms with van der Waals surface area (Å²) < 4.78 is 10.8. The second kappa shape index (κ2) is 7.98. The summed E-state index contributed by atoms with van der Waals surface area (Å²) in [6.07, 6.45) is 4.11. The van der Waals surface area contributed by atoms with Crippen molar-refractivity contribution < 1.29 is 14.1 Å². The van der Waals surface area contributed by atoms with Crippen LogP contribution in [0.2, 0.25) is 0 Å². The highest BCUT2D eigenvalue weighted by Gasteiger charge is 2.18. The Morgan fingerprint density at radius 2 is 2.42 bits per heavy atom. The van der Waals surface area contributed by atoms with Crippen LogP contribution in [0.25, 0.3) is 11.4 Å². The van der Waals surface area contributed by atoms with Crippen LogP contribution in [0.3, 0.4) is 0 Å². The summed E-state index contributed by atoms with van der Waals surface area (Å²) in [5.41, 5.74) is 0.788. The molecule has 0 bridgehead atoms. The second-order valence-electron chi connectivity index (χ2n) is 5.81. The van der Waals surface area contributed by atoms with Gasteiger partial charge in [-0.2, -0.15) is 4.98 Å². The van der Waals surface area contributed by atoms with Crippen LogP contribution in [0.5, 0.6) is 0 Å². The first-order valence-corrected chi connectivity index (χ1v) is 8.00. The molecule has 1 amide bonds. The van der Waals surface area contributed by atoms with Crippen molar-refractivity contribution in [1.82, 2.24) is 25.3 Å². The Morgan fingerprint density at radius 1 is 1.50 bits per heavy atom. The van der Waals surface area contributed by atoms with Crippen LogP contribution in [0.15, 0.2) is 29.0 Å². The van der Waals surface area contributed by atoms with Crippen LogP contribution in [-0.2, 0) is 16.0 Å². The summed E-state index contributed by atoms with van der Waals surface area (Å²) in [7, 11) is 2.05. The van der Waals surface area contributed by atoms with E-state index in [0.29, 0.717) is 37.7 Å². The van der Waals surface area contributed by atoms with E-state index in [4.69, 9.17) is 9.26 Å². The number of hydrogen-bond donors (Lipinski definition) is 1. The highest BCUT2D eigenvalue weighted by atomic mass is 16.5. The van der Waals surface area contributed by atoms with Gasteiger partial charge in [-0.15, -0.1) is 0 Å². The SMILES string of the molecule is CN1CCO[C@@H](CNC(=O)CCc2nc(-c3cccnc3)no2)C1. The lowest BCUT2D eigenvalue weighted by atomic mass is 10.2. The lowest BCUT2D eigenvalue weighted by Gasteiger charge is -2.30. The smallest absolute Gasteiger partial charge is 0.227 e. The van der Waals surface area contributed by atoms with Crippen molar-refractivity contribution in [3.05, 3.63) is 30.4 Å². The van der Waals surface area contributed by atoms with E-state index in [2.05, 4.69) is 25.3 Å². The molecule has 0 saturated carbocycles. The van der Waals surface area contributed by atoms with E-state index in [-0.39, 0.29) is 12.0 Å². The Bertz CT molecular complexity index is 661. The number of hydrogen-bond acceptors (Lipinski definition) is 7. The van der Waals surface area contributed by atoms with Gasteiger partial charge in [0.25, 0.3) is 0 Å². The van der Waals surface area contributed by atoms with E-state index in [1.807, 2.05) is 19.2 Å². The number of carbonyl (C=O) groups is 1. The quantitative estimate of drug-likeness (QED) is 0.824. The van der Waals surface area contributed by atoms with E-state index < -0.39 is 0 Å². The van der Waals surface area contributed by atoms with Gasteiger partial charge < -0.3 is 19.5 Å². The molecule has 0 aromatic carbocycles. The standard InChI is InChI=1S/C16H21N5O3/c1-21-7-8-23-13(11-21)10-18-14(22)4-5-15-19-16(20-24-15)12-3-2-6-17-9-12/h2-3,6,9,13H,4-5,7-8,10-11H2,1H3,(H,18,22)/t13-/m0/s1. The van der Waals surface area contributed by atoms with E-state index >= 15 is 0 Å². The Kier molecular flexibility index (Phi) is 5.50. The number of amides is 1. The largest absolute Gasteiger partial charge is 0.374 e. The number of ether oxygens (including phenoxy) is 1. The number of rotatable bonds is 6. The van der Waals surface area contributed by atoms with Gasteiger partial charge in [-0.05, 0) is 19.2 Å². The van der Waals surface area contributed by atoms with Gasteiger partial charge in [0, 0.05) is 50.4 Å². The van der Waals surface area contributed by atoms with Gasteiger partial charge in [-0.1, -0.05) is 5.16 Å². The van der Waals surface area contributed by atoms with Gasteiger partial charge in [-0.3, -0.25) is 9.78 Å². The molecule has 3 rings (SSSR count). The van der Waals surface area contributed by atoms with Crippen molar-refractivity contribution >= 4 is 5.91 Å². The first-order valence-electron chi connectivity index (χ1n) is 8.00. The summed E-state index contributed by atoms with van der Waals surface area (Å²) in [6.45, 7) is 2.99. The molecule has 1 N–H and O–H groups in total. The lowest BCUT2D eigenvalue weighted by molar-refractivity contribution is -0.122. The normalized spacial score (nSPS) is 18.5. The molecule has 8 nitrogen and oxygen atoms in total. The zero-order valence-corrected chi connectivity index (χ0v) is 13.6. The molecule has 3 heterocycles. The molecule has 1 saturated heterocycles. The molecule has 1 atom stereocenters. The van der Waals surface area contributed by atoms with Crippen LogP contribution in [-0.4, -0.2) is 65.3 Å².